The van der Waals surface area contributed by atoms with Crippen molar-refractivity contribution in [2.24, 2.45) is 0 Å². The molecule has 19 heavy (non-hydrogen) atoms. The van der Waals surface area contributed by atoms with Crippen molar-refractivity contribution < 1.29 is 19.4 Å². The topological polar surface area (TPSA) is 55.8 Å². The molecule has 0 amide bonds. The number of hydrogen-bond acceptors (Lipinski definition) is 4. The molecule has 1 N–H and O–H groups in total. The number of carboxylic acids is 1. The lowest BCUT2D eigenvalue weighted by molar-refractivity contribution is 0.0697. The number of benzene rings is 1. The summed E-state index contributed by atoms with van der Waals surface area (Å²) in [4.78, 5) is 11.0. The number of ether oxygens (including phenoxy) is 2. The van der Waals surface area contributed by atoms with Crippen molar-refractivity contribution in [3.63, 3.8) is 0 Å². The van der Waals surface area contributed by atoms with E-state index in [1.165, 1.54) is 0 Å². The van der Waals surface area contributed by atoms with Gasteiger partial charge in [0.25, 0.3) is 0 Å². The van der Waals surface area contributed by atoms with Crippen LogP contribution in [0.25, 0.3) is 0 Å². The Morgan fingerprint density at radius 2 is 1.89 bits per heavy atom. The summed E-state index contributed by atoms with van der Waals surface area (Å²) in [5.74, 6) is -0.104. The van der Waals surface area contributed by atoms with Crippen LogP contribution in [0.1, 0.15) is 9.67 Å². The van der Waals surface area contributed by atoms with Crippen molar-refractivity contribution in [2.75, 3.05) is 13.2 Å². The number of rotatable bonds is 6. The summed E-state index contributed by atoms with van der Waals surface area (Å²) in [7, 11) is 0. The van der Waals surface area contributed by atoms with Crippen molar-refractivity contribution in [3.05, 3.63) is 45.6 Å². The molecule has 0 bridgehead atoms. The summed E-state index contributed by atoms with van der Waals surface area (Å²) >= 11 is 6.91. The Morgan fingerprint density at radius 1 is 1.21 bits per heavy atom. The van der Waals surface area contributed by atoms with Crippen LogP contribution in [-0.4, -0.2) is 24.3 Å². The van der Waals surface area contributed by atoms with Gasteiger partial charge in [0.2, 0.25) is 0 Å². The quantitative estimate of drug-likeness (QED) is 0.829. The predicted molar refractivity (Wildman–Crippen MR) is 73.7 cm³/mol. The first kappa shape index (κ1) is 13.7. The normalized spacial score (nSPS) is 10.2. The first-order valence-electron chi connectivity index (χ1n) is 5.49. The van der Waals surface area contributed by atoms with Crippen LogP contribution in [-0.2, 0) is 0 Å². The van der Waals surface area contributed by atoms with Gasteiger partial charge in [0.15, 0.2) is 10.6 Å². The maximum atomic E-state index is 10.9. The summed E-state index contributed by atoms with van der Waals surface area (Å²) in [5.41, 5.74) is 0. The molecule has 0 spiro atoms. The Labute approximate surface area is 119 Å². The number of aromatic carboxylic acids is 1. The molecule has 0 aliphatic rings. The maximum Gasteiger partial charge on any atom is 0.349 e. The fourth-order valence-corrected chi connectivity index (χ4v) is 2.47. The molecule has 2 rings (SSSR count). The van der Waals surface area contributed by atoms with E-state index < -0.39 is 5.97 Å². The van der Waals surface area contributed by atoms with Crippen LogP contribution in [0.4, 0.5) is 0 Å². The van der Waals surface area contributed by atoms with Gasteiger partial charge in [-0.3, -0.25) is 0 Å². The van der Waals surface area contributed by atoms with Crippen LogP contribution in [0.5, 0.6) is 11.5 Å². The fourth-order valence-electron chi connectivity index (χ4n) is 1.43. The lowest BCUT2D eigenvalue weighted by Gasteiger charge is -2.08. The summed E-state index contributed by atoms with van der Waals surface area (Å²) in [6.07, 6.45) is 0. The van der Waals surface area contributed by atoms with Gasteiger partial charge < -0.3 is 14.6 Å². The van der Waals surface area contributed by atoms with Gasteiger partial charge in [0.05, 0.1) is 5.02 Å². The highest BCUT2D eigenvalue weighted by Gasteiger charge is 2.17. The summed E-state index contributed by atoms with van der Waals surface area (Å²) < 4.78 is 10.8. The van der Waals surface area contributed by atoms with Gasteiger partial charge >= 0.3 is 5.97 Å². The molecule has 0 aliphatic heterocycles. The van der Waals surface area contributed by atoms with E-state index in [0.717, 1.165) is 17.1 Å². The van der Waals surface area contributed by atoms with Crippen molar-refractivity contribution in [3.8, 4) is 11.5 Å². The Balaban J connectivity index is 1.86. The number of carbonyl (C=O) groups is 1. The predicted octanol–water partition coefficient (Wildman–Crippen LogP) is 3.56. The van der Waals surface area contributed by atoms with Gasteiger partial charge in [-0.15, -0.1) is 11.3 Å². The van der Waals surface area contributed by atoms with E-state index >= 15 is 0 Å². The van der Waals surface area contributed by atoms with Gasteiger partial charge in [0.1, 0.15) is 19.0 Å². The molecule has 0 unspecified atom stereocenters. The lowest BCUT2D eigenvalue weighted by atomic mass is 10.3. The van der Waals surface area contributed by atoms with Crippen molar-refractivity contribution in [1.82, 2.24) is 0 Å². The van der Waals surface area contributed by atoms with Crippen LogP contribution in [0.2, 0.25) is 5.02 Å². The molecule has 0 atom stereocenters. The second kappa shape index (κ2) is 6.45. The Morgan fingerprint density at radius 3 is 2.58 bits per heavy atom. The van der Waals surface area contributed by atoms with Crippen LogP contribution < -0.4 is 9.47 Å². The van der Waals surface area contributed by atoms with Crippen LogP contribution in [0.15, 0.2) is 35.7 Å². The van der Waals surface area contributed by atoms with E-state index in [1.54, 1.807) is 5.38 Å². The van der Waals surface area contributed by atoms with E-state index in [2.05, 4.69) is 0 Å². The smallest absolute Gasteiger partial charge is 0.349 e. The molecule has 100 valence electrons. The zero-order valence-electron chi connectivity index (χ0n) is 9.84. The zero-order chi connectivity index (χ0) is 13.7. The minimum Gasteiger partial charge on any atom is -0.490 e. The highest BCUT2D eigenvalue weighted by Crippen LogP contribution is 2.34. The molecule has 0 radical (unpaired) electrons. The Hall–Kier alpha value is -1.72. The highest BCUT2D eigenvalue weighted by atomic mass is 35.5. The van der Waals surface area contributed by atoms with Crippen LogP contribution >= 0.6 is 22.9 Å². The average molecular weight is 299 g/mol. The molecule has 0 aliphatic carbocycles. The van der Waals surface area contributed by atoms with Crippen molar-refractivity contribution >= 4 is 28.9 Å². The first-order chi connectivity index (χ1) is 9.18. The molecule has 0 saturated carbocycles. The van der Waals surface area contributed by atoms with E-state index in [0.29, 0.717) is 11.6 Å². The molecule has 0 fully saturated rings. The molecular formula is C13H11ClO4S. The van der Waals surface area contributed by atoms with Gasteiger partial charge in [-0.1, -0.05) is 29.8 Å². The third kappa shape index (κ3) is 3.62. The SMILES string of the molecule is O=C(O)c1scc(Cl)c1OCCOc1ccccc1. The van der Waals surface area contributed by atoms with E-state index in [1.807, 2.05) is 30.3 Å². The van der Waals surface area contributed by atoms with Gasteiger partial charge in [-0.2, -0.15) is 0 Å². The molecule has 1 aromatic carbocycles. The number of para-hydroxylation sites is 1. The number of thiophene rings is 1. The Kier molecular flexibility index (Phi) is 4.65. The number of halogens is 1. The average Bonchev–Trinajstić information content (AvgIpc) is 2.77. The number of carboxylic acid groups (broad SMARTS) is 1. The second-order valence-corrected chi connectivity index (χ2v) is 4.84. The minimum atomic E-state index is -1.05. The maximum absolute atomic E-state index is 10.9. The van der Waals surface area contributed by atoms with Crippen molar-refractivity contribution in [2.45, 2.75) is 0 Å². The van der Waals surface area contributed by atoms with E-state index in [-0.39, 0.29) is 17.2 Å². The molecule has 1 heterocycles. The van der Waals surface area contributed by atoms with Crippen molar-refractivity contribution in [1.29, 1.82) is 0 Å². The summed E-state index contributed by atoms with van der Waals surface area (Å²) in [5, 5.41) is 10.8. The molecule has 2 aromatic rings. The molecule has 4 nitrogen and oxygen atoms in total. The van der Waals surface area contributed by atoms with Crippen LogP contribution in [0.3, 0.4) is 0 Å². The summed E-state index contributed by atoms with van der Waals surface area (Å²) in [6, 6.07) is 9.30. The molecular weight excluding hydrogens is 288 g/mol. The second-order valence-electron chi connectivity index (χ2n) is 3.56. The van der Waals surface area contributed by atoms with Gasteiger partial charge in [-0.05, 0) is 12.1 Å². The summed E-state index contributed by atoms with van der Waals surface area (Å²) in [6.45, 7) is 0.543. The molecule has 1 aromatic heterocycles. The fraction of sp³-hybridized carbons (Fsp3) is 0.154. The molecule has 0 saturated heterocycles. The minimum absolute atomic E-state index is 0.102. The monoisotopic (exact) mass is 298 g/mol. The third-order valence-electron chi connectivity index (χ3n) is 2.24. The first-order valence-corrected chi connectivity index (χ1v) is 6.75. The largest absolute Gasteiger partial charge is 0.490 e. The van der Waals surface area contributed by atoms with Crippen LogP contribution in [0, 0.1) is 0 Å². The number of hydrogen-bond donors (Lipinski definition) is 1. The lowest BCUT2D eigenvalue weighted by Crippen LogP contribution is -2.10. The van der Waals surface area contributed by atoms with Gasteiger partial charge in [-0.25, -0.2) is 4.79 Å². The Bertz CT molecular complexity index is 553. The van der Waals surface area contributed by atoms with E-state index in [4.69, 9.17) is 26.2 Å². The zero-order valence-corrected chi connectivity index (χ0v) is 11.4. The third-order valence-corrected chi connectivity index (χ3v) is 3.60. The highest BCUT2D eigenvalue weighted by molar-refractivity contribution is 7.13. The molecule has 6 heteroatoms. The van der Waals surface area contributed by atoms with Gasteiger partial charge in [0, 0.05) is 5.38 Å². The van der Waals surface area contributed by atoms with E-state index in [9.17, 15) is 4.79 Å². The standard InChI is InChI=1S/C13H11ClO4S/c14-10-8-19-12(13(15)16)11(10)18-7-6-17-9-4-2-1-3-5-9/h1-5,8H,6-7H2,(H,15,16).